The van der Waals surface area contributed by atoms with Gasteiger partial charge in [-0.1, -0.05) is 94.9 Å². The predicted octanol–water partition coefficient (Wildman–Crippen LogP) is 7.22. The Bertz CT molecular complexity index is 414. The van der Waals surface area contributed by atoms with Gasteiger partial charge in [0, 0.05) is 17.0 Å². The third-order valence-electron chi connectivity index (χ3n) is 4.15. The van der Waals surface area contributed by atoms with Gasteiger partial charge in [-0.15, -0.1) is 0 Å². The molecule has 0 aliphatic rings. The maximum Gasteiger partial charge on any atom is 0.162 e. The molecule has 1 nitrogen and oxygen atoms in total. The molecule has 1 aromatic carbocycles. The summed E-state index contributed by atoms with van der Waals surface area (Å²) >= 11 is 5.91. The first-order valence-electron chi connectivity index (χ1n) is 9.03. The Labute approximate surface area is 141 Å². The lowest BCUT2D eigenvalue weighted by Crippen LogP contribution is -1.98. The molecule has 0 aliphatic heterocycles. The molecule has 0 fully saturated rings. The van der Waals surface area contributed by atoms with E-state index in [0.29, 0.717) is 11.4 Å². The van der Waals surface area contributed by atoms with Crippen LogP contribution in [0.15, 0.2) is 24.3 Å². The smallest absolute Gasteiger partial charge is 0.162 e. The fourth-order valence-corrected chi connectivity index (χ4v) is 2.95. The average Bonchev–Trinajstić information content (AvgIpc) is 2.52. The van der Waals surface area contributed by atoms with Gasteiger partial charge in [-0.25, -0.2) is 0 Å². The zero-order chi connectivity index (χ0) is 16.0. The van der Waals surface area contributed by atoms with Gasteiger partial charge in [-0.05, 0) is 18.6 Å². The summed E-state index contributed by atoms with van der Waals surface area (Å²) in [6.45, 7) is 2.26. The van der Waals surface area contributed by atoms with Crippen molar-refractivity contribution < 1.29 is 4.79 Å². The SMILES string of the molecule is CCCCCCCCCCCCCC(=O)c1cccc(Cl)c1. The van der Waals surface area contributed by atoms with Crippen LogP contribution in [-0.2, 0) is 0 Å². The van der Waals surface area contributed by atoms with Gasteiger partial charge < -0.3 is 0 Å². The minimum absolute atomic E-state index is 0.221. The number of Topliss-reactive ketones (excluding diaryl/α,β-unsaturated/α-hetero) is 1. The number of carbonyl (C=O) groups excluding carboxylic acids is 1. The van der Waals surface area contributed by atoms with E-state index in [4.69, 9.17) is 11.6 Å². The first-order chi connectivity index (χ1) is 10.7. The highest BCUT2D eigenvalue weighted by molar-refractivity contribution is 6.31. The van der Waals surface area contributed by atoms with E-state index in [9.17, 15) is 4.79 Å². The third kappa shape index (κ3) is 9.25. The van der Waals surface area contributed by atoms with Crippen LogP contribution in [0, 0.1) is 0 Å². The van der Waals surface area contributed by atoms with Crippen molar-refractivity contribution >= 4 is 17.4 Å². The molecule has 0 amide bonds. The van der Waals surface area contributed by atoms with Gasteiger partial charge >= 0.3 is 0 Å². The largest absolute Gasteiger partial charge is 0.294 e. The van der Waals surface area contributed by atoms with Crippen molar-refractivity contribution in [3.05, 3.63) is 34.9 Å². The van der Waals surface area contributed by atoms with Gasteiger partial charge in [-0.3, -0.25) is 4.79 Å². The zero-order valence-corrected chi connectivity index (χ0v) is 14.8. The lowest BCUT2D eigenvalue weighted by Gasteiger charge is -2.03. The van der Waals surface area contributed by atoms with E-state index in [1.165, 1.54) is 64.2 Å². The molecular weight excluding hydrogens is 292 g/mol. The molecule has 0 radical (unpaired) electrons. The molecule has 0 heterocycles. The minimum atomic E-state index is 0.221. The normalized spacial score (nSPS) is 10.8. The molecule has 0 saturated carbocycles. The van der Waals surface area contributed by atoms with Gasteiger partial charge in [0.25, 0.3) is 0 Å². The van der Waals surface area contributed by atoms with Gasteiger partial charge in [0.15, 0.2) is 5.78 Å². The standard InChI is InChI=1S/C20H31ClO/c1-2-3-4-5-6-7-8-9-10-11-12-16-20(22)18-14-13-15-19(21)17-18/h13-15,17H,2-12,16H2,1H3. The summed E-state index contributed by atoms with van der Waals surface area (Å²) in [6.07, 6.45) is 15.1. The van der Waals surface area contributed by atoms with E-state index in [0.717, 1.165) is 12.0 Å². The molecule has 124 valence electrons. The van der Waals surface area contributed by atoms with E-state index in [1.807, 2.05) is 12.1 Å². The minimum Gasteiger partial charge on any atom is -0.294 e. The summed E-state index contributed by atoms with van der Waals surface area (Å²) in [5, 5.41) is 0.643. The Kier molecular flexibility index (Phi) is 11.1. The molecule has 0 bridgehead atoms. The van der Waals surface area contributed by atoms with Crippen LogP contribution in [0.3, 0.4) is 0 Å². The lowest BCUT2D eigenvalue weighted by atomic mass is 10.0. The highest BCUT2D eigenvalue weighted by Gasteiger charge is 2.05. The van der Waals surface area contributed by atoms with Gasteiger partial charge in [0.2, 0.25) is 0 Å². The molecule has 1 rings (SSSR count). The topological polar surface area (TPSA) is 17.1 Å². The summed E-state index contributed by atoms with van der Waals surface area (Å²) in [5.74, 6) is 0.221. The van der Waals surface area contributed by atoms with Gasteiger partial charge in [-0.2, -0.15) is 0 Å². The Hall–Kier alpha value is -0.820. The van der Waals surface area contributed by atoms with E-state index in [1.54, 1.807) is 12.1 Å². The molecule has 22 heavy (non-hydrogen) atoms. The Morgan fingerprint density at radius 3 is 1.95 bits per heavy atom. The number of carbonyl (C=O) groups is 1. The molecule has 0 unspecified atom stereocenters. The van der Waals surface area contributed by atoms with Crippen LogP contribution >= 0.6 is 11.6 Å². The number of rotatable bonds is 13. The molecular formula is C20H31ClO. The van der Waals surface area contributed by atoms with Crippen molar-refractivity contribution in [3.8, 4) is 0 Å². The predicted molar refractivity (Wildman–Crippen MR) is 96.9 cm³/mol. The molecule has 0 N–H and O–H groups in total. The van der Waals surface area contributed by atoms with Crippen molar-refractivity contribution in [2.75, 3.05) is 0 Å². The summed E-state index contributed by atoms with van der Waals surface area (Å²) in [5.41, 5.74) is 0.750. The molecule has 0 aliphatic carbocycles. The zero-order valence-electron chi connectivity index (χ0n) is 14.1. The second-order valence-corrected chi connectivity index (χ2v) is 6.66. The maximum atomic E-state index is 12.0. The van der Waals surface area contributed by atoms with Crippen LogP contribution in [0.5, 0.6) is 0 Å². The number of hydrogen-bond donors (Lipinski definition) is 0. The number of unbranched alkanes of at least 4 members (excludes halogenated alkanes) is 10. The second-order valence-electron chi connectivity index (χ2n) is 6.22. The van der Waals surface area contributed by atoms with Gasteiger partial charge in [0.05, 0.1) is 0 Å². The fraction of sp³-hybridized carbons (Fsp3) is 0.650. The Balaban J connectivity index is 1.94. The number of halogens is 1. The molecule has 0 atom stereocenters. The fourth-order valence-electron chi connectivity index (χ4n) is 2.76. The number of benzene rings is 1. The van der Waals surface area contributed by atoms with Crippen molar-refractivity contribution in [1.82, 2.24) is 0 Å². The molecule has 0 spiro atoms. The third-order valence-corrected chi connectivity index (χ3v) is 4.39. The van der Waals surface area contributed by atoms with E-state index in [-0.39, 0.29) is 5.78 Å². The lowest BCUT2D eigenvalue weighted by molar-refractivity contribution is 0.0979. The number of ketones is 1. The van der Waals surface area contributed by atoms with E-state index < -0.39 is 0 Å². The highest BCUT2D eigenvalue weighted by atomic mass is 35.5. The summed E-state index contributed by atoms with van der Waals surface area (Å²) in [7, 11) is 0. The average molecular weight is 323 g/mol. The second kappa shape index (κ2) is 12.7. The van der Waals surface area contributed by atoms with Crippen molar-refractivity contribution in [1.29, 1.82) is 0 Å². The molecule has 0 saturated heterocycles. The number of hydrogen-bond acceptors (Lipinski definition) is 1. The van der Waals surface area contributed by atoms with Crippen LogP contribution in [0.4, 0.5) is 0 Å². The van der Waals surface area contributed by atoms with Crippen LogP contribution in [0.1, 0.15) is 94.3 Å². The molecule has 0 aromatic heterocycles. The van der Waals surface area contributed by atoms with E-state index in [2.05, 4.69) is 6.92 Å². The first-order valence-corrected chi connectivity index (χ1v) is 9.40. The van der Waals surface area contributed by atoms with Crippen LogP contribution in [0.2, 0.25) is 5.02 Å². The van der Waals surface area contributed by atoms with Crippen molar-refractivity contribution in [2.45, 2.75) is 84.0 Å². The summed E-state index contributed by atoms with van der Waals surface area (Å²) in [6, 6.07) is 7.27. The van der Waals surface area contributed by atoms with Crippen LogP contribution in [-0.4, -0.2) is 5.78 Å². The van der Waals surface area contributed by atoms with Gasteiger partial charge in [0.1, 0.15) is 0 Å². The van der Waals surface area contributed by atoms with E-state index >= 15 is 0 Å². The first kappa shape index (κ1) is 19.2. The maximum absolute atomic E-state index is 12.0. The molecule has 2 heteroatoms. The monoisotopic (exact) mass is 322 g/mol. The molecule has 1 aromatic rings. The van der Waals surface area contributed by atoms with Crippen molar-refractivity contribution in [3.63, 3.8) is 0 Å². The summed E-state index contributed by atoms with van der Waals surface area (Å²) < 4.78 is 0. The highest BCUT2D eigenvalue weighted by Crippen LogP contribution is 2.15. The van der Waals surface area contributed by atoms with Crippen LogP contribution in [0.25, 0.3) is 0 Å². The Morgan fingerprint density at radius 2 is 1.41 bits per heavy atom. The van der Waals surface area contributed by atoms with Crippen LogP contribution < -0.4 is 0 Å². The van der Waals surface area contributed by atoms with Crippen molar-refractivity contribution in [2.24, 2.45) is 0 Å². The quantitative estimate of drug-likeness (QED) is 0.276. The Morgan fingerprint density at radius 1 is 0.864 bits per heavy atom. The summed E-state index contributed by atoms with van der Waals surface area (Å²) in [4.78, 5) is 12.0.